The van der Waals surface area contributed by atoms with Crippen molar-refractivity contribution in [3.8, 4) is 29.1 Å². The Hall–Kier alpha value is -4.70. The summed E-state index contributed by atoms with van der Waals surface area (Å²) in [6.45, 7) is 2.78. The van der Waals surface area contributed by atoms with E-state index in [1.165, 1.54) is 6.08 Å². The highest BCUT2D eigenvalue weighted by Gasteiger charge is 2.31. The Morgan fingerprint density at radius 3 is 2.58 bits per heavy atom. The number of allylic oxidation sites excluding steroid dienone is 1. The van der Waals surface area contributed by atoms with E-state index in [0.717, 1.165) is 47.5 Å². The highest BCUT2D eigenvalue weighted by atomic mass is 16.5. The Kier molecular flexibility index (Phi) is 8.68. The van der Waals surface area contributed by atoms with E-state index in [2.05, 4.69) is 13.0 Å². The van der Waals surface area contributed by atoms with Crippen molar-refractivity contribution in [2.75, 3.05) is 13.7 Å². The quantitative estimate of drug-likeness (QED) is 0.152. The van der Waals surface area contributed by atoms with E-state index in [1.807, 2.05) is 48.5 Å². The van der Waals surface area contributed by atoms with Crippen LogP contribution in [0.4, 0.5) is 0 Å². The van der Waals surface area contributed by atoms with Gasteiger partial charge in [-0.3, -0.25) is 0 Å². The summed E-state index contributed by atoms with van der Waals surface area (Å²) in [7, 11) is 1.60. The fourth-order valence-corrected chi connectivity index (χ4v) is 4.20. The van der Waals surface area contributed by atoms with Crippen LogP contribution in [0.5, 0.6) is 23.0 Å². The molecule has 0 saturated heterocycles. The molecule has 38 heavy (non-hydrogen) atoms. The molecule has 0 saturated carbocycles. The van der Waals surface area contributed by atoms with Gasteiger partial charge in [0.15, 0.2) is 0 Å². The maximum absolute atomic E-state index is 12.4. The maximum Gasteiger partial charge on any atom is 0.336 e. The number of esters is 1. The summed E-state index contributed by atoms with van der Waals surface area (Å²) in [6.07, 6.45) is 6.21. The average molecular weight is 511 g/mol. The molecule has 0 radical (unpaired) electrons. The number of ether oxygens (including phenoxy) is 4. The van der Waals surface area contributed by atoms with Crippen molar-refractivity contribution in [3.05, 3.63) is 101 Å². The number of nitrogens with two attached hydrogens (primary N) is 1. The van der Waals surface area contributed by atoms with Gasteiger partial charge in [0.2, 0.25) is 5.88 Å². The van der Waals surface area contributed by atoms with Gasteiger partial charge < -0.3 is 24.7 Å². The van der Waals surface area contributed by atoms with Crippen molar-refractivity contribution < 1.29 is 23.7 Å². The molecule has 0 fully saturated rings. The van der Waals surface area contributed by atoms with Crippen LogP contribution in [0, 0.1) is 11.3 Å². The summed E-state index contributed by atoms with van der Waals surface area (Å²) in [5.74, 6) is 1.22. The SMILES string of the molecule is CCCCCOc1cccc(C2C(C#N)=C(N)Oc3cc(OC(=O)/C=C/c4ccc(OC)cc4)ccc32)c1. The first-order valence-electron chi connectivity index (χ1n) is 12.5. The van der Waals surface area contributed by atoms with Crippen LogP contribution < -0.4 is 24.7 Å². The van der Waals surface area contributed by atoms with Crippen molar-refractivity contribution in [1.82, 2.24) is 0 Å². The van der Waals surface area contributed by atoms with Gasteiger partial charge in [0.05, 0.1) is 19.6 Å². The van der Waals surface area contributed by atoms with E-state index >= 15 is 0 Å². The molecule has 0 aliphatic carbocycles. The summed E-state index contributed by atoms with van der Waals surface area (Å²) in [6, 6.07) is 22.2. The zero-order valence-electron chi connectivity index (χ0n) is 21.5. The van der Waals surface area contributed by atoms with Gasteiger partial charge in [0.25, 0.3) is 0 Å². The lowest BCUT2D eigenvalue weighted by molar-refractivity contribution is -0.128. The smallest absolute Gasteiger partial charge is 0.336 e. The minimum atomic E-state index is -0.540. The summed E-state index contributed by atoms with van der Waals surface area (Å²) < 4.78 is 22.3. The van der Waals surface area contributed by atoms with Gasteiger partial charge in [0.1, 0.15) is 34.6 Å². The molecule has 7 nitrogen and oxygen atoms in total. The molecule has 194 valence electrons. The first-order valence-corrected chi connectivity index (χ1v) is 12.5. The van der Waals surface area contributed by atoms with Gasteiger partial charge in [-0.1, -0.05) is 50.1 Å². The van der Waals surface area contributed by atoms with E-state index in [0.29, 0.717) is 23.7 Å². The van der Waals surface area contributed by atoms with E-state index in [9.17, 15) is 10.1 Å². The third kappa shape index (κ3) is 6.34. The minimum absolute atomic E-state index is 0.0159. The van der Waals surface area contributed by atoms with Gasteiger partial charge in [-0.2, -0.15) is 5.26 Å². The molecule has 3 aromatic rings. The number of carbonyl (C=O) groups excluding carboxylic acids is 1. The lowest BCUT2D eigenvalue weighted by Crippen LogP contribution is -2.21. The zero-order chi connectivity index (χ0) is 26.9. The second-order valence-electron chi connectivity index (χ2n) is 8.78. The fraction of sp³-hybridized carbons (Fsp3) is 0.226. The van der Waals surface area contributed by atoms with Crippen LogP contribution >= 0.6 is 0 Å². The molecule has 1 aliphatic heterocycles. The van der Waals surface area contributed by atoms with Gasteiger partial charge in [-0.25, -0.2) is 4.79 Å². The number of fused-ring (bicyclic) bond motifs is 1. The first-order chi connectivity index (χ1) is 18.5. The van der Waals surface area contributed by atoms with Gasteiger partial charge in [-0.05, 0) is 54.0 Å². The molecular formula is C31H30N2O5. The second-order valence-corrected chi connectivity index (χ2v) is 8.78. The van der Waals surface area contributed by atoms with E-state index in [4.69, 9.17) is 24.7 Å². The molecular weight excluding hydrogens is 480 g/mol. The molecule has 0 aromatic heterocycles. The van der Waals surface area contributed by atoms with Crippen molar-refractivity contribution in [3.63, 3.8) is 0 Å². The predicted molar refractivity (Wildman–Crippen MR) is 145 cm³/mol. The third-order valence-corrected chi connectivity index (χ3v) is 6.14. The van der Waals surface area contributed by atoms with Crippen LogP contribution in [0.3, 0.4) is 0 Å². The summed E-state index contributed by atoms with van der Waals surface area (Å²) in [5, 5.41) is 9.86. The largest absolute Gasteiger partial charge is 0.497 e. The highest BCUT2D eigenvalue weighted by molar-refractivity contribution is 5.88. The summed E-state index contributed by atoms with van der Waals surface area (Å²) in [5.41, 5.74) is 8.89. The third-order valence-electron chi connectivity index (χ3n) is 6.14. The molecule has 7 heteroatoms. The Morgan fingerprint density at radius 1 is 1.05 bits per heavy atom. The van der Waals surface area contributed by atoms with Gasteiger partial charge in [0, 0.05) is 17.7 Å². The number of rotatable bonds is 10. The molecule has 0 amide bonds. The fourth-order valence-electron chi connectivity index (χ4n) is 4.20. The summed E-state index contributed by atoms with van der Waals surface area (Å²) >= 11 is 0. The number of benzene rings is 3. The van der Waals surface area contributed by atoms with Crippen molar-refractivity contribution in [1.29, 1.82) is 5.26 Å². The van der Waals surface area contributed by atoms with Crippen LogP contribution in [0.15, 0.2) is 84.3 Å². The van der Waals surface area contributed by atoms with Crippen LogP contribution in [0.25, 0.3) is 6.08 Å². The minimum Gasteiger partial charge on any atom is -0.497 e. The van der Waals surface area contributed by atoms with Crippen molar-refractivity contribution >= 4 is 12.0 Å². The topological polar surface area (TPSA) is 104 Å². The molecule has 2 N–H and O–H groups in total. The van der Waals surface area contributed by atoms with Crippen molar-refractivity contribution in [2.24, 2.45) is 5.73 Å². The van der Waals surface area contributed by atoms with Crippen molar-refractivity contribution in [2.45, 2.75) is 32.1 Å². The van der Waals surface area contributed by atoms with E-state index < -0.39 is 11.9 Å². The second kappa shape index (κ2) is 12.5. The molecule has 0 bridgehead atoms. The average Bonchev–Trinajstić information content (AvgIpc) is 2.94. The maximum atomic E-state index is 12.4. The zero-order valence-corrected chi connectivity index (χ0v) is 21.5. The number of nitriles is 1. The van der Waals surface area contributed by atoms with Crippen LogP contribution in [0.2, 0.25) is 0 Å². The Morgan fingerprint density at radius 2 is 1.84 bits per heavy atom. The van der Waals surface area contributed by atoms with Crippen LogP contribution in [0.1, 0.15) is 48.8 Å². The number of hydrogen-bond donors (Lipinski definition) is 1. The number of methoxy groups -OCH3 is 1. The Bertz CT molecular complexity index is 1390. The predicted octanol–water partition coefficient (Wildman–Crippen LogP) is 6.10. The molecule has 3 aromatic carbocycles. The Balaban J connectivity index is 1.53. The first kappa shape index (κ1) is 26.4. The van der Waals surface area contributed by atoms with Crippen LogP contribution in [-0.4, -0.2) is 19.7 Å². The van der Waals surface area contributed by atoms with E-state index in [1.54, 1.807) is 31.4 Å². The monoisotopic (exact) mass is 510 g/mol. The molecule has 1 aliphatic rings. The van der Waals surface area contributed by atoms with E-state index in [-0.39, 0.29) is 5.88 Å². The molecule has 1 atom stereocenters. The lowest BCUT2D eigenvalue weighted by atomic mass is 9.83. The highest BCUT2D eigenvalue weighted by Crippen LogP contribution is 2.44. The van der Waals surface area contributed by atoms with Gasteiger partial charge >= 0.3 is 5.97 Å². The molecule has 1 heterocycles. The number of hydrogen-bond acceptors (Lipinski definition) is 7. The molecule has 4 rings (SSSR count). The molecule has 0 spiro atoms. The number of nitrogens with zero attached hydrogens (tertiary/aromatic N) is 1. The van der Waals surface area contributed by atoms with Crippen LogP contribution in [-0.2, 0) is 4.79 Å². The number of unbranched alkanes of at least 4 members (excludes halogenated alkanes) is 2. The number of carbonyl (C=O) groups is 1. The Labute approximate surface area is 222 Å². The normalized spacial score (nSPS) is 14.4. The van der Waals surface area contributed by atoms with Gasteiger partial charge in [-0.15, -0.1) is 0 Å². The standard InChI is InChI=1S/C31H30N2O5/c1-3-4-5-17-36-24-8-6-7-22(18-24)30-26-15-14-25(19-28(26)38-31(33)27(30)20-32)37-29(34)16-11-21-9-12-23(35-2)13-10-21/h6-16,18-19,30H,3-5,17,33H2,1-2H3/b16-11+. The molecule has 1 unspecified atom stereocenters. The lowest BCUT2D eigenvalue weighted by Gasteiger charge is -2.27. The summed E-state index contributed by atoms with van der Waals surface area (Å²) in [4.78, 5) is 12.4.